The van der Waals surface area contributed by atoms with E-state index in [2.05, 4.69) is 5.32 Å². The molecule has 0 saturated heterocycles. The number of hydrogen-bond donors (Lipinski definition) is 2. The fraction of sp³-hybridized carbons (Fsp3) is 0.240. The molecule has 0 spiro atoms. The van der Waals surface area contributed by atoms with E-state index >= 15 is 0 Å². The fourth-order valence-corrected chi connectivity index (χ4v) is 3.85. The average molecular weight is 418 g/mol. The molecule has 0 aromatic heterocycles. The normalized spacial score (nSPS) is 18.2. The van der Waals surface area contributed by atoms with E-state index in [9.17, 15) is 5.11 Å². The number of nitrogens with zero attached hydrogens (tertiary/aromatic N) is 1. The lowest BCUT2D eigenvalue weighted by atomic mass is 9.93. The lowest BCUT2D eigenvalue weighted by molar-refractivity contribution is 0.378. The highest BCUT2D eigenvalue weighted by molar-refractivity contribution is 6.03. The van der Waals surface area contributed by atoms with E-state index in [4.69, 9.17) is 19.2 Å². The predicted molar refractivity (Wildman–Crippen MR) is 120 cm³/mol. The molecule has 6 heteroatoms. The zero-order valence-corrected chi connectivity index (χ0v) is 17.8. The van der Waals surface area contributed by atoms with E-state index in [1.54, 1.807) is 27.4 Å². The second-order valence-electron chi connectivity index (χ2n) is 7.30. The van der Waals surface area contributed by atoms with Gasteiger partial charge in [0, 0.05) is 23.6 Å². The average Bonchev–Trinajstić information content (AvgIpc) is 2.83. The minimum Gasteiger partial charge on any atom is -0.507 e. The first-order valence-electron chi connectivity index (χ1n) is 10.1. The number of phenols is 1. The molecule has 1 aliphatic heterocycles. The van der Waals surface area contributed by atoms with Crippen LogP contribution in [-0.2, 0) is 0 Å². The summed E-state index contributed by atoms with van der Waals surface area (Å²) in [7, 11) is 4.95. The van der Waals surface area contributed by atoms with Crippen LogP contribution in [0.25, 0.3) is 0 Å². The van der Waals surface area contributed by atoms with Crippen LogP contribution >= 0.6 is 0 Å². The number of aliphatic imine (C=N–C) groups is 1. The van der Waals surface area contributed by atoms with Crippen LogP contribution < -0.4 is 19.5 Å². The molecular formula is C25H26N2O4. The molecule has 31 heavy (non-hydrogen) atoms. The second kappa shape index (κ2) is 9.10. The molecule has 0 saturated carbocycles. The van der Waals surface area contributed by atoms with Gasteiger partial charge < -0.3 is 19.3 Å². The van der Waals surface area contributed by atoms with Crippen molar-refractivity contribution in [1.82, 2.24) is 5.32 Å². The second-order valence-corrected chi connectivity index (χ2v) is 7.30. The molecule has 0 fully saturated rings. The van der Waals surface area contributed by atoms with Crippen molar-refractivity contribution in [2.75, 3.05) is 21.3 Å². The molecular weight excluding hydrogens is 392 g/mol. The van der Waals surface area contributed by atoms with E-state index in [0.29, 0.717) is 6.42 Å². The summed E-state index contributed by atoms with van der Waals surface area (Å²) in [6.07, 6.45) is 0.295. The van der Waals surface area contributed by atoms with Crippen molar-refractivity contribution in [2.45, 2.75) is 18.6 Å². The number of rotatable bonds is 6. The van der Waals surface area contributed by atoms with Crippen molar-refractivity contribution < 1.29 is 19.3 Å². The van der Waals surface area contributed by atoms with Gasteiger partial charge in [0.05, 0.1) is 27.0 Å². The Kier molecular flexibility index (Phi) is 6.09. The van der Waals surface area contributed by atoms with Crippen molar-refractivity contribution >= 4 is 5.71 Å². The molecule has 2 atom stereocenters. The van der Waals surface area contributed by atoms with Crippen LogP contribution in [0.1, 0.15) is 35.3 Å². The molecule has 0 radical (unpaired) electrons. The lowest BCUT2D eigenvalue weighted by Crippen LogP contribution is -2.33. The summed E-state index contributed by atoms with van der Waals surface area (Å²) in [5.74, 6) is 2.53. The third-order valence-corrected chi connectivity index (χ3v) is 5.50. The number of para-hydroxylation sites is 1. The van der Waals surface area contributed by atoms with Crippen molar-refractivity contribution in [2.24, 2.45) is 4.99 Å². The third kappa shape index (κ3) is 4.34. The van der Waals surface area contributed by atoms with Crippen molar-refractivity contribution in [1.29, 1.82) is 0 Å². The van der Waals surface area contributed by atoms with Gasteiger partial charge in [-0.3, -0.25) is 10.3 Å². The van der Waals surface area contributed by atoms with Crippen LogP contribution in [0.2, 0.25) is 0 Å². The maximum absolute atomic E-state index is 10.5. The number of phenolic OH excluding ortho intramolecular Hbond substituents is 1. The molecule has 0 aliphatic carbocycles. The molecule has 1 heterocycles. The highest BCUT2D eigenvalue weighted by Gasteiger charge is 2.29. The molecule has 3 aromatic carbocycles. The monoisotopic (exact) mass is 418 g/mol. The summed E-state index contributed by atoms with van der Waals surface area (Å²) in [5, 5.41) is 14.1. The van der Waals surface area contributed by atoms with E-state index in [1.165, 1.54) is 0 Å². The van der Waals surface area contributed by atoms with Gasteiger partial charge in [-0.2, -0.15) is 0 Å². The molecule has 3 aromatic rings. The van der Waals surface area contributed by atoms with E-state index in [0.717, 1.165) is 39.7 Å². The van der Waals surface area contributed by atoms with E-state index < -0.39 is 0 Å². The summed E-state index contributed by atoms with van der Waals surface area (Å²) in [6.45, 7) is 0. The van der Waals surface area contributed by atoms with Gasteiger partial charge in [0.2, 0.25) is 0 Å². The molecule has 2 N–H and O–H groups in total. The Labute approximate surface area is 182 Å². The smallest absolute Gasteiger partial charge is 0.126 e. The zero-order valence-electron chi connectivity index (χ0n) is 17.8. The van der Waals surface area contributed by atoms with Gasteiger partial charge in [-0.05, 0) is 48.0 Å². The standard InChI is InChI=1S/C25H26N2O4/c1-29-17-10-8-16(9-11-17)25-26-21(19-6-4-5-7-23(19)28)15-22(27-25)20-14-18(30-2)12-13-24(20)31-3/h4-14,22,25,27-28H,15H2,1-3H3/t22-,25+/m1/s1. The summed E-state index contributed by atoms with van der Waals surface area (Å²) in [5.41, 5.74) is 3.53. The molecule has 0 amide bonds. The first-order chi connectivity index (χ1) is 15.1. The van der Waals surface area contributed by atoms with Gasteiger partial charge in [0.15, 0.2) is 0 Å². The van der Waals surface area contributed by atoms with Crippen molar-refractivity contribution in [3.05, 3.63) is 83.4 Å². The minimum atomic E-state index is -0.296. The van der Waals surface area contributed by atoms with E-state index in [1.807, 2.05) is 60.7 Å². The van der Waals surface area contributed by atoms with Gasteiger partial charge in [0.25, 0.3) is 0 Å². The van der Waals surface area contributed by atoms with Crippen LogP contribution in [0.15, 0.2) is 71.7 Å². The molecule has 6 nitrogen and oxygen atoms in total. The van der Waals surface area contributed by atoms with Crippen LogP contribution in [0.5, 0.6) is 23.0 Å². The number of hydrogen-bond acceptors (Lipinski definition) is 6. The summed E-state index contributed by atoms with van der Waals surface area (Å²) >= 11 is 0. The first kappa shape index (κ1) is 20.8. The molecule has 160 valence electrons. The van der Waals surface area contributed by atoms with Crippen molar-refractivity contribution in [3.8, 4) is 23.0 Å². The number of benzene rings is 3. The van der Waals surface area contributed by atoms with E-state index in [-0.39, 0.29) is 18.0 Å². The number of nitrogens with one attached hydrogen (secondary N) is 1. The summed E-state index contributed by atoms with van der Waals surface area (Å²) in [4.78, 5) is 4.95. The van der Waals surface area contributed by atoms with Gasteiger partial charge in [-0.1, -0.05) is 24.3 Å². The van der Waals surface area contributed by atoms with Crippen LogP contribution in [0.4, 0.5) is 0 Å². The predicted octanol–water partition coefficient (Wildman–Crippen LogP) is 4.64. The van der Waals surface area contributed by atoms with Gasteiger partial charge >= 0.3 is 0 Å². The Morgan fingerprint density at radius 1 is 0.871 bits per heavy atom. The first-order valence-corrected chi connectivity index (χ1v) is 10.1. The number of aromatic hydroxyl groups is 1. The Hall–Kier alpha value is -3.51. The lowest BCUT2D eigenvalue weighted by Gasteiger charge is -2.31. The maximum atomic E-state index is 10.5. The molecule has 1 aliphatic rings. The number of methoxy groups -OCH3 is 3. The fourth-order valence-electron chi connectivity index (χ4n) is 3.85. The van der Waals surface area contributed by atoms with Crippen LogP contribution in [0.3, 0.4) is 0 Å². The quantitative estimate of drug-likeness (QED) is 0.610. The van der Waals surface area contributed by atoms with Gasteiger partial charge in [-0.25, -0.2) is 0 Å². The minimum absolute atomic E-state index is 0.0933. The maximum Gasteiger partial charge on any atom is 0.126 e. The van der Waals surface area contributed by atoms with Gasteiger partial charge in [-0.15, -0.1) is 0 Å². The van der Waals surface area contributed by atoms with Crippen LogP contribution in [-0.4, -0.2) is 32.1 Å². The molecule has 4 rings (SSSR count). The SMILES string of the molecule is COc1ccc([C@H]2N=C(c3ccccc3O)C[C@H](c3cc(OC)ccc3OC)N2)cc1. The Morgan fingerprint density at radius 2 is 1.58 bits per heavy atom. The summed E-state index contributed by atoms with van der Waals surface area (Å²) < 4.78 is 16.4. The molecule has 0 bridgehead atoms. The van der Waals surface area contributed by atoms with Crippen molar-refractivity contribution in [3.63, 3.8) is 0 Å². The third-order valence-electron chi connectivity index (χ3n) is 5.50. The Morgan fingerprint density at radius 3 is 2.26 bits per heavy atom. The molecule has 0 unspecified atom stereocenters. The van der Waals surface area contributed by atoms with Crippen LogP contribution in [0, 0.1) is 0 Å². The summed E-state index contributed by atoms with van der Waals surface area (Å²) in [6, 6.07) is 20.8. The Balaban J connectivity index is 1.78. The Bertz CT molecular complexity index is 1080. The highest BCUT2D eigenvalue weighted by Crippen LogP contribution is 2.37. The number of ether oxygens (including phenoxy) is 3. The van der Waals surface area contributed by atoms with Gasteiger partial charge in [0.1, 0.15) is 29.2 Å². The highest BCUT2D eigenvalue weighted by atomic mass is 16.5. The zero-order chi connectivity index (χ0) is 21.8. The largest absolute Gasteiger partial charge is 0.507 e. The topological polar surface area (TPSA) is 72.3 Å².